The van der Waals surface area contributed by atoms with Crippen LogP contribution in [0.4, 0.5) is 0 Å². The molecule has 0 aliphatic rings. The summed E-state index contributed by atoms with van der Waals surface area (Å²) in [4.78, 5) is 0.860. The SMILES string of the molecule is NCc1ccccc1CS(=O)c1ccccc1. The van der Waals surface area contributed by atoms with Crippen LogP contribution in [0.5, 0.6) is 0 Å². The Bertz CT molecular complexity index is 511. The summed E-state index contributed by atoms with van der Waals surface area (Å²) in [5.41, 5.74) is 7.80. The van der Waals surface area contributed by atoms with Crippen molar-refractivity contribution in [3.05, 3.63) is 65.7 Å². The maximum Gasteiger partial charge on any atom is 0.0574 e. The second-order valence-electron chi connectivity index (χ2n) is 3.78. The van der Waals surface area contributed by atoms with Crippen LogP contribution in [0.15, 0.2) is 59.5 Å². The van der Waals surface area contributed by atoms with Gasteiger partial charge in [-0.15, -0.1) is 0 Å². The summed E-state index contributed by atoms with van der Waals surface area (Å²) >= 11 is 0. The van der Waals surface area contributed by atoms with Gasteiger partial charge >= 0.3 is 0 Å². The van der Waals surface area contributed by atoms with Crippen molar-refractivity contribution in [1.82, 2.24) is 0 Å². The third-order valence-electron chi connectivity index (χ3n) is 2.63. The molecule has 0 spiro atoms. The maximum atomic E-state index is 12.2. The smallest absolute Gasteiger partial charge is 0.0574 e. The highest BCUT2D eigenvalue weighted by molar-refractivity contribution is 7.84. The van der Waals surface area contributed by atoms with Crippen molar-refractivity contribution in [2.75, 3.05) is 0 Å². The van der Waals surface area contributed by atoms with Crippen molar-refractivity contribution in [2.45, 2.75) is 17.2 Å². The predicted molar refractivity (Wildman–Crippen MR) is 70.9 cm³/mol. The van der Waals surface area contributed by atoms with Gasteiger partial charge in [-0.2, -0.15) is 0 Å². The van der Waals surface area contributed by atoms with Crippen molar-refractivity contribution >= 4 is 10.8 Å². The molecule has 1 atom stereocenters. The lowest BCUT2D eigenvalue weighted by Crippen LogP contribution is -2.04. The molecule has 0 amide bonds. The lowest BCUT2D eigenvalue weighted by atomic mass is 10.1. The maximum absolute atomic E-state index is 12.2. The molecule has 1 unspecified atom stereocenters. The molecular formula is C14H15NOS. The molecule has 2 rings (SSSR count). The molecule has 0 bridgehead atoms. The summed E-state index contributed by atoms with van der Waals surface area (Å²) in [6.07, 6.45) is 0. The van der Waals surface area contributed by atoms with Gasteiger partial charge in [0.05, 0.1) is 16.6 Å². The normalized spacial score (nSPS) is 12.3. The molecule has 2 nitrogen and oxygen atoms in total. The molecule has 17 heavy (non-hydrogen) atoms. The lowest BCUT2D eigenvalue weighted by Gasteiger charge is -2.07. The van der Waals surface area contributed by atoms with E-state index in [2.05, 4.69) is 0 Å². The van der Waals surface area contributed by atoms with Gasteiger partial charge in [-0.25, -0.2) is 0 Å². The van der Waals surface area contributed by atoms with Gasteiger partial charge in [-0.05, 0) is 23.3 Å². The third-order valence-corrected chi connectivity index (χ3v) is 4.00. The van der Waals surface area contributed by atoms with E-state index in [9.17, 15) is 4.21 Å². The molecule has 0 aliphatic heterocycles. The van der Waals surface area contributed by atoms with Gasteiger partial charge < -0.3 is 5.73 Å². The Hall–Kier alpha value is -1.45. The lowest BCUT2D eigenvalue weighted by molar-refractivity contribution is 0.682. The van der Waals surface area contributed by atoms with Gasteiger partial charge in [0.1, 0.15) is 0 Å². The Balaban J connectivity index is 2.19. The van der Waals surface area contributed by atoms with E-state index in [-0.39, 0.29) is 0 Å². The van der Waals surface area contributed by atoms with Crippen LogP contribution in [0, 0.1) is 0 Å². The van der Waals surface area contributed by atoms with Gasteiger partial charge in [0.2, 0.25) is 0 Å². The molecule has 2 aromatic rings. The van der Waals surface area contributed by atoms with Gasteiger partial charge in [-0.1, -0.05) is 42.5 Å². The molecule has 0 fully saturated rings. The van der Waals surface area contributed by atoms with E-state index in [1.807, 2.05) is 54.6 Å². The fourth-order valence-electron chi connectivity index (χ4n) is 1.69. The number of benzene rings is 2. The van der Waals surface area contributed by atoms with Crippen LogP contribution in [0.2, 0.25) is 0 Å². The molecule has 0 saturated carbocycles. The first kappa shape index (κ1) is 12.0. The molecule has 0 aromatic heterocycles. The van der Waals surface area contributed by atoms with Crippen LogP contribution >= 0.6 is 0 Å². The zero-order chi connectivity index (χ0) is 12.1. The van der Waals surface area contributed by atoms with Crippen LogP contribution in [-0.2, 0) is 23.1 Å². The third kappa shape index (κ3) is 3.02. The summed E-state index contributed by atoms with van der Waals surface area (Å²) in [7, 11) is -1.00. The average Bonchev–Trinajstić information content (AvgIpc) is 2.40. The molecule has 2 aromatic carbocycles. The molecule has 3 heteroatoms. The molecule has 0 saturated heterocycles. The number of rotatable bonds is 4. The van der Waals surface area contributed by atoms with E-state index in [1.54, 1.807) is 0 Å². The Morgan fingerprint density at radius 3 is 2.12 bits per heavy atom. The summed E-state index contributed by atoms with van der Waals surface area (Å²) < 4.78 is 12.2. The van der Waals surface area contributed by atoms with Crippen molar-refractivity contribution in [3.8, 4) is 0 Å². The molecule has 2 N–H and O–H groups in total. The number of hydrogen-bond acceptors (Lipinski definition) is 2. The Labute approximate surface area is 104 Å². The number of hydrogen-bond donors (Lipinski definition) is 1. The van der Waals surface area contributed by atoms with E-state index in [1.165, 1.54) is 0 Å². The monoisotopic (exact) mass is 245 g/mol. The summed E-state index contributed by atoms with van der Waals surface area (Å²) in [5.74, 6) is 0.525. The number of nitrogens with two attached hydrogens (primary N) is 1. The minimum atomic E-state index is -1.00. The molecule has 88 valence electrons. The minimum absolute atomic E-state index is 0.488. The van der Waals surface area contributed by atoms with E-state index in [0.717, 1.165) is 16.0 Å². The first-order valence-corrected chi connectivity index (χ1v) is 6.83. The van der Waals surface area contributed by atoms with Crippen molar-refractivity contribution in [2.24, 2.45) is 5.73 Å². The fourth-order valence-corrected chi connectivity index (χ4v) is 2.89. The van der Waals surface area contributed by atoms with Crippen LogP contribution in [-0.4, -0.2) is 4.21 Å². The molecule has 0 heterocycles. The zero-order valence-corrected chi connectivity index (χ0v) is 10.3. The van der Waals surface area contributed by atoms with Crippen molar-refractivity contribution in [3.63, 3.8) is 0 Å². The zero-order valence-electron chi connectivity index (χ0n) is 9.50. The molecule has 0 aliphatic carbocycles. The van der Waals surface area contributed by atoms with E-state index >= 15 is 0 Å². The van der Waals surface area contributed by atoms with E-state index < -0.39 is 10.8 Å². The van der Waals surface area contributed by atoms with Crippen molar-refractivity contribution < 1.29 is 4.21 Å². The first-order chi connectivity index (χ1) is 8.31. The second-order valence-corrected chi connectivity index (χ2v) is 5.23. The molecule has 0 radical (unpaired) electrons. The van der Waals surface area contributed by atoms with Gasteiger partial charge in [0.25, 0.3) is 0 Å². The van der Waals surface area contributed by atoms with Gasteiger partial charge in [0.15, 0.2) is 0 Å². The highest BCUT2D eigenvalue weighted by Gasteiger charge is 2.07. The minimum Gasteiger partial charge on any atom is -0.326 e. The van der Waals surface area contributed by atoms with Gasteiger partial charge in [-0.3, -0.25) is 4.21 Å². The highest BCUT2D eigenvalue weighted by Crippen LogP contribution is 2.15. The topological polar surface area (TPSA) is 43.1 Å². The average molecular weight is 245 g/mol. The second kappa shape index (κ2) is 5.75. The Morgan fingerprint density at radius 1 is 0.882 bits per heavy atom. The van der Waals surface area contributed by atoms with E-state index in [4.69, 9.17) is 5.73 Å². The summed E-state index contributed by atoms with van der Waals surface area (Å²) in [6.45, 7) is 0.488. The van der Waals surface area contributed by atoms with E-state index in [0.29, 0.717) is 12.3 Å². The standard InChI is InChI=1S/C14H15NOS/c15-10-12-6-4-5-7-13(12)11-17(16)14-8-2-1-3-9-14/h1-9H,10-11,15H2. The Morgan fingerprint density at radius 2 is 1.47 bits per heavy atom. The summed E-state index contributed by atoms with van der Waals surface area (Å²) in [6, 6.07) is 17.4. The van der Waals surface area contributed by atoms with Gasteiger partial charge in [0, 0.05) is 11.4 Å². The van der Waals surface area contributed by atoms with Crippen LogP contribution < -0.4 is 5.73 Å². The summed E-state index contributed by atoms with van der Waals surface area (Å²) in [5, 5.41) is 0. The molecular weight excluding hydrogens is 230 g/mol. The Kier molecular flexibility index (Phi) is 4.07. The first-order valence-electron chi connectivity index (χ1n) is 5.51. The largest absolute Gasteiger partial charge is 0.326 e. The van der Waals surface area contributed by atoms with Crippen LogP contribution in [0.3, 0.4) is 0 Å². The fraction of sp³-hybridized carbons (Fsp3) is 0.143. The van der Waals surface area contributed by atoms with Crippen LogP contribution in [0.1, 0.15) is 11.1 Å². The highest BCUT2D eigenvalue weighted by atomic mass is 32.2. The predicted octanol–water partition coefficient (Wildman–Crippen LogP) is 2.45. The van der Waals surface area contributed by atoms with Crippen LogP contribution in [0.25, 0.3) is 0 Å². The van der Waals surface area contributed by atoms with Crippen molar-refractivity contribution in [1.29, 1.82) is 0 Å². The quantitative estimate of drug-likeness (QED) is 0.899.